The zero-order valence-electron chi connectivity index (χ0n) is 11.2. The van der Waals surface area contributed by atoms with E-state index in [-0.39, 0.29) is 0 Å². The molecule has 16 heavy (non-hydrogen) atoms. The first-order chi connectivity index (χ1) is 7.58. The van der Waals surface area contributed by atoms with E-state index in [0.29, 0.717) is 6.04 Å². The fourth-order valence-corrected chi connectivity index (χ4v) is 1.84. The number of nitrogens with zero attached hydrogens (tertiary/aromatic N) is 2. The van der Waals surface area contributed by atoms with Crippen LogP contribution in [0, 0.1) is 12.8 Å². The first kappa shape index (κ1) is 13.1. The van der Waals surface area contributed by atoms with Crippen molar-refractivity contribution in [2.75, 3.05) is 5.32 Å². The fourth-order valence-electron chi connectivity index (χ4n) is 1.84. The molecule has 2 unspecified atom stereocenters. The maximum absolute atomic E-state index is 4.26. The van der Waals surface area contributed by atoms with Crippen molar-refractivity contribution in [2.45, 2.75) is 53.0 Å². The second-order valence-electron chi connectivity index (χ2n) is 4.77. The molecule has 0 radical (unpaired) electrons. The number of rotatable bonds is 6. The summed E-state index contributed by atoms with van der Waals surface area (Å²) in [7, 11) is 1.98. The number of aromatic nitrogens is 2. The van der Waals surface area contributed by atoms with Gasteiger partial charge in [-0.05, 0) is 25.7 Å². The minimum atomic E-state index is 0.567. The van der Waals surface area contributed by atoms with Gasteiger partial charge in [0.05, 0.1) is 17.6 Å². The summed E-state index contributed by atoms with van der Waals surface area (Å²) in [5.74, 6) is 0.787. The van der Waals surface area contributed by atoms with E-state index in [1.807, 2.05) is 17.9 Å². The molecule has 0 aliphatic rings. The van der Waals surface area contributed by atoms with Crippen molar-refractivity contribution in [3.05, 3.63) is 11.9 Å². The second kappa shape index (κ2) is 5.92. The third kappa shape index (κ3) is 3.26. The van der Waals surface area contributed by atoms with Crippen molar-refractivity contribution in [3.63, 3.8) is 0 Å². The summed E-state index contributed by atoms with van der Waals surface area (Å²) in [6.07, 6.45) is 5.58. The number of hydrogen-bond acceptors (Lipinski definition) is 2. The van der Waals surface area contributed by atoms with Crippen LogP contribution in [0.15, 0.2) is 6.20 Å². The van der Waals surface area contributed by atoms with Gasteiger partial charge < -0.3 is 5.32 Å². The van der Waals surface area contributed by atoms with Crippen LogP contribution in [0.4, 0.5) is 5.69 Å². The molecule has 0 aromatic carbocycles. The van der Waals surface area contributed by atoms with Crippen molar-refractivity contribution in [1.82, 2.24) is 9.78 Å². The average Bonchev–Trinajstić information content (AvgIpc) is 2.59. The zero-order valence-corrected chi connectivity index (χ0v) is 11.2. The molecule has 1 aromatic rings. The SMILES string of the molecule is CCC(C)CC(CC)Nc1cnn(C)c1C. The zero-order chi connectivity index (χ0) is 12.1. The van der Waals surface area contributed by atoms with Crippen molar-refractivity contribution < 1.29 is 0 Å². The Morgan fingerprint density at radius 1 is 1.38 bits per heavy atom. The lowest BCUT2D eigenvalue weighted by molar-refractivity contribution is 0.461. The molecule has 1 aromatic heterocycles. The Bertz CT molecular complexity index is 317. The first-order valence-electron chi connectivity index (χ1n) is 6.33. The molecule has 0 amide bonds. The summed E-state index contributed by atoms with van der Waals surface area (Å²) in [5.41, 5.74) is 2.39. The van der Waals surface area contributed by atoms with Crippen molar-refractivity contribution in [2.24, 2.45) is 13.0 Å². The molecule has 1 heterocycles. The maximum atomic E-state index is 4.26. The third-order valence-electron chi connectivity index (χ3n) is 3.47. The van der Waals surface area contributed by atoms with Crippen LogP contribution >= 0.6 is 0 Å². The minimum Gasteiger partial charge on any atom is -0.380 e. The molecule has 0 bridgehead atoms. The van der Waals surface area contributed by atoms with Crippen LogP contribution in [0.5, 0.6) is 0 Å². The van der Waals surface area contributed by atoms with Gasteiger partial charge in [0.2, 0.25) is 0 Å². The number of nitrogens with one attached hydrogen (secondary N) is 1. The summed E-state index contributed by atoms with van der Waals surface area (Å²) < 4.78 is 1.91. The quantitative estimate of drug-likeness (QED) is 0.801. The Hall–Kier alpha value is -0.990. The van der Waals surface area contributed by atoms with E-state index in [1.54, 1.807) is 0 Å². The van der Waals surface area contributed by atoms with Crippen molar-refractivity contribution in [1.29, 1.82) is 0 Å². The van der Waals surface area contributed by atoms with Crippen LogP contribution in [0.2, 0.25) is 0 Å². The lowest BCUT2D eigenvalue weighted by atomic mass is 9.97. The maximum Gasteiger partial charge on any atom is 0.0758 e. The lowest BCUT2D eigenvalue weighted by Gasteiger charge is -2.21. The molecule has 0 aliphatic heterocycles. The summed E-state index contributed by atoms with van der Waals surface area (Å²) in [6.45, 7) is 8.92. The van der Waals surface area contributed by atoms with Gasteiger partial charge in [-0.2, -0.15) is 5.10 Å². The molecule has 0 fully saturated rings. The Kier molecular flexibility index (Phi) is 4.84. The van der Waals surface area contributed by atoms with Gasteiger partial charge in [0.15, 0.2) is 0 Å². The van der Waals surface area contributed by atoms with Gasteiger partial charge >= 0.3 is 0 Å². The predicted molar refractivity (Wildman–Crippen MR) is 69.7 cm³/mol. The van der Waals surface area contributed by atoms with E-state index in [1.165, 1.54) is 30.6 Å². The first-order valence-corrected chi connectivity index (χ1v) is 6.33. The van der Waals surface area contributed by atoms with Crippen LogP contribution in [-0.4, -0.2) is 15.8 Å². The summed E-state index contributed by atoms with van der Waals surface area (Å²) >= 11 is 0. The monoisotopic (exact) mass is 223 g/mol. The largest absolute Gasteiger partial charge is 0.380 e. The van der Waals surface area contributed by atoms with E-state index in [2.05, 4.69) is 38.1 Å². The van der Waals surface area contributed by atoms with Gasteiger partial charge in [0, 0.05) is 13.1 Å². The second-order valence-corrected chi connectivity index (χ2v) is 4.77. The summed E-state index contributed by atoms with van der Waals surface area (Å²) in [4.78, 5) is 0. The molecule has 1 rings (SSSR count). The van der Waals surface area contributed by atoms with Gasteiger partial charge in [-0.1, -0.05) is 27.2 Å². The fraction of sp³-hybridized carbons (Fsp3) is 0.769. The summed E-state index contributed by atoms with van der Waals surface area (Å²) in [5, 5.41) is 7.86. The Morgan fingerprint density at radius 3 is 2.50 bits per heavy atom. The molecule has 0 aliphatic carbocycles. The lowest BCUT2D eigenvalue weighted by Crippen LogP contribution is -2.21. The minimum absolute atomic E-state index is 0.567. The molecule has 0 saturated heterocycles. The highest BCUT2D eigenvalue weighted by molar-refractivity contribution is 5.46. The molecule has 0 spiro atoms. The van der Waals surface area contributed by atoms with Crippen LogP contribution < -0.4 is 5.32 Å². The molecule has 1 N–H and O–H groups in total. The molecule has 0 saturated carbocycles. The predicted octanol–water partition coefficient (Wildman–Crippen LogP) is 3.36. The molecule has 3 heteroatoms. The standard InChI is InChI=1S/C13H25N3/c1-6-10(3)8-12(7-2)15-13-9-14-16(5)11(13)4/h9-10,12,15H,6-8H2,1-5H3. The van der Waals surface area contributed by atoms with Crippen LogP contribution in [-0.2, 0) is 7.05 Å². The van der Waals surface area contributed by atoms with Gasteiger partial charge in [-0.25, -0.2) is 0 Å². The van der Waals surface area contributed by atoms with E-state index in [0.717, 1.165) is 5.92 Å². The van der Waals surface area contributed by atoms with Crippen LogP contribution in [0.25, 0.3) is 0 Å². The van der Waals surface area contributed by atoms with Crippen LogP contribution in [0.1, 0.15) is 45.7 Å². The summed E-state index contributed by atoms with van der Waals surface area (Å²) in [6, 6.07) is 0.567. The normalized spacial score (nSPS) is 14.8. The van der Waals surface area contributed by atoms with E-state index in [4.69, 9.17) is 0 Å². The molecular weight excluding hydrogens is 198 g/mol. The third-order valence-corrected chi connectivity index (χ3v) is 3.47. The Labute approximate surface area is 99.2 Å². The number of hydrogen-bond donors (Lipinski definition) is 1. The molecule has 3 nitrogen and oxygen atoms in total. The van der Waals surface area contributed by atoms with Crippen LogP contribution in [0.3, 0.4) is 0 Å². The highest BCUT2D eigenvalue weighted by Crippen LogP contribution is 2.19. The molecule has 2 atom stereocenters. The van der Waals surface area contributed by atoms with E-state index in [9.17, 15) is 0 Å². The number of aryl methyl sites for hydroxylation is 1. The van der Waals surface area contributed by atoms with Gasteiger partial charge in [0.1, 0.15) is 0 Å². The smallest absolute Gasteiger partial charge is 0.0758 e. The Morgan fingerprint density at radius 2 is 2.06 bits per heavy atom. The number of anilines is 1. The van der Waals surface area contributed by atoms with Gasteiger partial charge in [-0.3, -0.25) is 4.68 Å². The molecular formula is C13H25N3. The topological polar surface area (TPSA) is 29.9 Å². The van der Waals surface area contributed by atoms with E-state index < -0.39 is 0 Å². The van der Waals surface area contributed by atoms with Gasteiger partial charge in [-0.15, -0.1) is 0 Å². The highest BCUT2D eigenvalue weighted by Gasteiger charge is 2.12. The van der Waals surface area contributed by atoms with Crippen molar-refractivity contribution in [3.8, 4) is 0 Å². The van der Waals surface area contributed by atoms with Crippen molar-refractivity contribution >= 4 is 5.69 Å². The average molecular weight is 223 g/mol. The Balaban J connectivity index is 2.59. The highest BCUT2D eigenvalue weighted by atomic mass is 15.3. The molecule has 92 valence electrons. The van der Waals surface area contributed by atoms with E-state index >= 15 is 0 Å². The van der Waals surface area contributed by atoms with Gasteiger partial charge in [0.25, 0.3) is 0 Å².